The zero-order valence-corrected chi connectivity index (χ0v) is 15.6. The number of methoxy groups -OCH3 is 2. The smallest absolute Gasteiger partial charge is 0.234 e. The number of hydrogen-bond acceptors (Lipinski definition) is 7. The lowest BCUT2D eigenvalue weighted by Crippen LogP contribution is -1.97. The molecule has 0 aliphatic heterocycles. The van der Waals surface area contributed by atoms with E-state index in [2.05, 4.69) is 22.2 Å². The molecular formula is C16H20N4O2S2. The molecule has 0 saturated heterocycles. The van der Waals surface area contributed by atoms with Crippen LogP contribution < -0.4 is 9.47 Å². The highest BCUT2D eigenvalue weighted by Crippen LogP contribution is 2.29. The Morgan fingerprint density at radius 1 is 1.17 bits per heavy atom. The Kier molecular flexibility index (Phi) is 5.57. The molecule has 3 aromatic rings. The van der Waals surface area contributed by atoms with Crippen LogP contribution in [0.4, 0.5) is 0 Å². The molecule has 3 rings (SSSR count). The normalized spacial score (nSPS) is 11.1. The Morgan fingerprint density at radius 2 is 2.00 bits per heavy atom. The molecule has 6 nitrogen and oxygen atoms in total. The van der Waals surface area contributed by atoms with Gasteiger partial charge in [-0.2, -0.15) is 21.4 Å². The first-order valence-electron chi connectivity index (χ1n) is 7.73. The molecule has 0 fully saturated rings. The van der Waals surface area contributed by atoms with E-state index in [1.807, 2.05) is 34.5 Å². The average Bonchev–Trinajstić information content (AvgIpc) is 3.16. The summed E-state index contributed by atoms with van der Waals surface area (Å²) in [7, 11) is 3.28. The van der Waals surface area contributed by atoms with E-state index in [1.165, 1.54) is 0 Å². The minimum Gasteiger partial charge on any atom is -0.493 e. The standard InChI is InChI=1S/C16H20N4O2S2/c1-4-7-23-10-14-17-18-16-20(14)19-15(24-16)9-11-5-6-12(21-2)13(8-11)22-3/h5-6,8H,4,7,9-10H2,1-3H3. The predicted molar refractivity (Wildman–Crippen MR) is 97.5 cm³/mol. The molecule has 0 atom stereocenters. The molecule has 0 aliphatic rings. The number of benzene rings is 1. The number of hydrogen-bond donors (Lipinski definition) is 0. The molecule has 0 radical (unpaired) electrons. The first-order valence-corrected chi connectivity index (χ1v) is 9.71. The summed E-state index contributed by atoms with van der Waals surface area (Å²) in [6, 6.07) is 5.93. The molecule has 128 valence electrons. The van der Waals surface area contributed by atoms with E-state index in [0.717, 1.165) is 57.2 Å². The van der Waals surface area contributed by atoms with Gasteiger partial charge >= 0.3 is 0 Å². The molecule has 0 spiro atoms. The van der Waals surface area contributed by atoms with Gasteiger partial charge in [0.1, 0.15) is 5.01 Å². The maximum absolute atomic E-state index is 5.36. The van der Waals surface area contributed by atoms with Crippen molar-refractivity contribution in [2.45, 2.75) is 25.5 Å². The van der Waals surface area contributed by atoms with Gasteiger partial charge in [-0.25, -0.2) is 0 Å². The third-order valence-electron chi connectivity index (χ3n) is 3.48. The maximum atomic E-state index is 5.36. The van der Waals surface area contributed by atoms with Crippen LogP contribution in [0, 0.1) is 0 Å². The first kappa shape index (κ1) is 17.0. The van der Waals surface area contributed by atoms with Crippen molar-refractivity contribution in [1.82, 2.24) is 19.8 Å². The number of thioether (sulfide) groups is 1. The molecule has 0 aliphatic carbocycles. The molecular weight excluding hydrogens is 344 g/mol. The van der Waals surface area contributed by atoms with Gasteiger partial charge in [0.15, 0.2) is 17.3 Å². The van der Waals surface area contributed by atoms with Crippen LogP contribution in [-0.4, -0.2) is 39.8 Å². The third kappa shape index (κ3) is 3.64. The van der Waals surface area contributed by atoms with Crippen LogP contribution in [0.5, 0.6) is 11.5 Å². The molecule has 0 amide bonds. The van der Waals surface area contributed by atoms with Crippen LogP contribution in [0.15, 0.2) is 18.2 Å². The molecule has 0 bridgehead atoms. The van der Waals surface area contributed by atoms with Gasteiger partial charge in [-0.1, -0.05) is 24.3 Å². The number of aromatic nitrogens is 4. The van der Waals surface area contributed by atoms with Gasteiger partial charge in [0.25, 0.3) is 0 Å². The van der Waals surface area contributed by atoms with E-state index >= 15 is 0 Å². The zero-order chi connectivity index (χ0) is 16.9. The predicted octanol–water partition coefficient (Wildman–Crippen LogP) is 3.44. The second kappa shape index (κ2) is 7.85. The molecule has 2 aromatic heterocycles. The molecule has 8 heteroatoms. The van der Waals surface area contributed by atoms with Crippen LogP contribution in [0.1, 0.15) is 29.7 Å². The summed E-state index contributed by atoms with van der Waals surface area (Å²) in [6.45, 7) is 2.18. The fourth-order valence-corrected chi connectivity index (χ4v) is 4.01. The summed E-state index contributed by atoms with van der Waals surface area (Å²) in [6.07, 6.45) is 1.89. The van der Waals surface area contributed by atoms with Crippen LogP contribution in [0.2, 0.25) is 0 Å². The molecule has 0 unspecified atom stereocenters. The SMILES string of the molecule is CCCSCc1nnc2sc(Cc3ccc(OC)c(OC)c3)nn12. The first-order chi connectivity index (χ1) is 11.7. The summed E-state index contributed by atoms with van der Waals surface area (Å²) in [5.74, 6) is 4.34. The fourth-order valence-electron chi connectivity index (χ4n) is 2.33. The van der Waals surface area contributed by atoms with Gasteiger partial charge < -0.3 is 9.47 Å². The van der Waals surface area contributed by atoms with Crippen molar-refractivity contribution < 1.29 is 9.47 Å². The number of ether oxygens (including phenoxy) is 2. The molecule has 24 heavy (non-hydrogen) atoms. The number of rotatable bonds is 8. The highest BCUT2D eigenvalue weighted by atomic mass is 32.2. The Morgan fingerprint density at radius 3 is 2.75 bits per heavy atom. The third-order valence-corrected chi connectivity index (χ3v) is 5.54. The van der Waals surface area contributed by atoms with Crippen molar-refractivity contribution in [3.05, 3.63) is 34.6 Å². The van der Waals surface area contributed by atoms with Crippen LogP contribution in [0.25, 0.3) is 4.96 Å². The van der Waals surface area contributed by atoms with Gasteiger partial charge in [0.2, 0.25) is 4.96 Å². The van der Waals surface area contributed by atoms with E-state index in [-0.39, 0.29) is 0 Å². The summed E-state index contributed by atoms with van der Waals surface area (Å²) >= 11 is 3.43. The van der Waals surface area contributed by atoms with E-state index in [4.69, 9.17) is 9.47 Å². The van der Waals surface area contributed by atoms with Crippen molar-refractivity contribution in [3.8, 4) is 11.5 Å². The van der Waals surface area contributed by atoms with Crippen molar-refractivity contribution in [3.63, 3.8) is 0 Å². The lowest BCUT2D eigenvalue weighted by molar-refractivity contribution is 0.354. The van der Waals surface area contributed by atoms with E-state index in [1.54, 1.807) is 25.6 Å². The van der Waals surface area contributed by atoms with Gasteiger partial charge in [0, 0.05) is 6.42 Å². The minimum absolute atomic E-state index is 0.731. The van der Waals surface area contributed by atoms with Gasteiger partial charge in [-0.15, -0.1) is 10.2 Å². The summed E-state index contributed by atoms with van der Waals surface area (Å²) < 4.78 is 12.5. The highest BCUT2D eigenvalue weighted by Gasteiger charge is 2.13. The van der Waals surface area contributed by atoms with Crippen LogP contribution in [0.3, 0.4) is 0 Å². The van der Waals surface area contributed by atoms with E-state index in [0.29, 0.717) is 0 Å². The lowest BCUT2D eigenvalue weighted by atomic mass is 10.1. The largest absolute Gasteiger partial charge is 0.493 e. The Balaban J connectivity index is 1.78. The summed E-state index contributed by atoms with van der Waals surface area (Å²) in [5.41, 5.74) is 1.12. The average molecular weight is 364 g/mol. The molecule has 0 saturated carbocycles. The topological polar surface area (TPSA) is 61.5 Å². The van der Waals surface area contributed by atoms with E-state index < -0.39 is 0 Å². The molecule has 1 aromatic carbocycles. The second-order valence-corrected chi connectivity index (χ2v) is 7.37. The van der Waals surface area contributed by atoms with Crippen LogP contribution >= 0.6 is 23.1 Å². The molecule has 2 heterocycles. The quantitative estimate of drug-likeness (QED) is 0.571. The Bertz CT molecular complexity index is 816. The molecule has 0 N–H and O–H groups in total. The Labute approximate surface area is 149 Å². The van der Waals surface area contributed by atoms with Crippen molar-refractivity contribution in [2.24, 2.45) is 0 Å². The fraction of sp³-hybridized carbons (Fsp3) is 0.438. The van der Waals surface area contributed by atoms with E-state index in [9.17, 15) is 0 Å². The van der Waals surface area contributed by atoms with Crippen molar-refractivity contribution in [1.29, 1.82) is 0 Å². The van der Waals surface area contributed by atoms with Crippen LogP contribution in [-0.2, 0) is 12.2 Å². The zero-order valence-electron chi connectivity index (χ0n) is 14.0. The summed E-state index contributed by atoms with van der Waals surface area (Å²) in [4.78, 5) is 0.845. The number of fused-ring (bicyclic) bond motifs is 1. The minimum atomic E-state index is 0.731. The Hall–Kier alpha value is -1.80. The van der Waals surface area contributed by atoms with Crippen molar-refractivity contribution >= 4 is 28.1 Å². The highest BCUT2D eigenvalue weighted by molar-refractivity contribution is 7.98. The maximum Gasteiger partial charge on any atom is 0.234 e. The van der Waals surface area contributed by atoms with Gasteiger partial charge in [0.05, 0.1) is 20.0 Å². The van der Waals surface area contributed by atoms with Gasteiger partial charge in [-0.05, 0) is 29.9 Å². The second-order valence-electron chi connectivity index (χ2n) is 5.23. The number of nitrogens with zero attached hydrogens (tertiary/aromatic N) is 4. The van der Waals surface area contributed by atoms with Crippen molar-refractivity contribution in [2.75, 3.05) is 20.0 Å². The lowest BCUT2D eigenvalue weighted by Gasteiger charge is -2.08. The monoisotopic (exact) mass is 364 g/mol. The van der Waals surface area contributed by atoms with Gasteiger partial charge in [-0.3, -0.25) is 0 Å². The summed E-state index contributed by atoms with van der Waals surface area (Å²) in [5, 5.41) is 14.1.